The van der Waals surface area contributed by atoms with Crippen LogP contribution < -0.4 is 5.32 Å². The summed E-state index contributed by atoms with van der Waals surface area (Å²) in [5.74, 6) is 0.783. The van der Waals surface area contributed by atoms with Crippen LogP contribution in [0.1, 0.15) is 19.3 Å². The number of halogens is 1. The van der Waals surface area contributed by atoms with Crippen molar-refractivity contribution in [3.63, 3.8) is 0 Å². The quantitative estimate of drug-likeness (QED) is 0.615. The average molecular weight is 228 g/mol. The van der Waals surface area contributed by atoms with E-state index < -0.39 is 0 Å². The van der Waals surface area contributed by atoms with Gasteiger partial charge in [-0.2, -0.15) is 5.10 Å². The van der Waals surface area contributed by atoms with Gasteiger partial charge in [0.05, 0.1) is 6.54 Å². The van der Waals surface area contributed by atoms with E-state index in [-0.39, 0.29) is 0 Å². The van der Waals surface area contributed by atoms with Gasteiger partial charge in [-0.05, 0) is 37.8 Å². The molecule has 1 heterocycles. The number of aromatic nitrogens is 2. The smallest absolute Gasteiger partial charge is 0.0533 e. The molecule has 0 aromatic carbocycles. The Morgan fingerprint density at radius 3 is 3.07 bits per heavy atom. The van der Waals surface area contributed by atoms with Crippen LogP contribution in [-0.4, -0.2) is 28.2 Å². The monoisotopic (exact) mass is 227 g/mol. The Hall–Kier alpha value is -0.540. The minimum absolute atomic E-state index is 0.419. The normalized spacial score (nSPS) is 25.9. The third kappa shape index (κ3) is 3.50. The molecule has 1 aromatic heterocycles. The van der Waals surface area contributed by atoms with E-state index in [9.17, 15) is 0 Å². The van der Waals surface area contributed by atoms with Crippen molar-refractivity contribution in [3.05, 3.63) is 18.5 Å². The van der Waals surface area contributed by atoms with E-state index in [1.807, 2.05) is 23.1 Å². The SMILES string of the molecule is ClC1CCC(CNCCn2cccn2)C1. The zero-order chi connectivity index (χ0) is 10.5. The van der Waals surface area contributed by atoms with E-state index in [1.165, 1.54) is 19.3 Å². The first-order chi connectivity index (χ1) is 7.34. The van der Waals surface area contributed by atoms with Gasteiger partial charge in [0, 0.05) is 24.3 Å². The maximum atomic E-state index is 6.06. The Balaban J connectivity index is 1.55. The summed E-state index contributed by atoms with van der Waals surface area (Å²) in [6, 6.07) is 1.95. The zero-order valence-electron chi connectivity index (χ0n) is 8.90. The van der Waals surface area contributed by atoms with Crippen LogP contribution in [0.4, 0.5) is 0 Å². The van der Waals surface area contributed by atoms with E-state index in [1.54, 1.807) is 0 Å². The molecule has 1 aromatic rings. The highest BCUT2D eigenvalue weighted by Crippen LogP contribution is 2.28. The molecule has 0 saturated heterocycles. The molecule has 0 amide bonds. The highest BCUT2D eigenvalue weighted by Gasteiger charge is 2.21. The van der Waals surface area contributed by atoms with Crippen LogP contribution in [-0.2, 0) is 6.54 Å². The summed E-state index contributed by atoms with van der Waals surface area (Å²) in [6.07, 6.45) is 7.45. The van der Waals surface area contributed by atoms with Gasteiger partial charge < -0.3 is 5.32 Å². The lowest BCUT2D eigenvalue weighted by Crippen LogP contribution is -2.25. The average Bonchev–Trinajstić information content (AvgIpc) is 2.84. The van der Waals surface area contributed by atoms with Crippen molar-refractivity contribution in [1.29, 1.82) is 0 Å². The summed E-state index contributed by atoms with van der Waals surface area (Å²) in [4.78, 5) is 0. The second kappa shape index (κ2) is 5.52. The van der Waals surface area contributed by atoms with Gasteiger partial charge in [0.1, 0.15) is 0 Å². The largest absolute Gasteiger partial charge is 0.315 e. The number of hydrogen-bond donors (Lipinski definition) is 1. The Morgan fingerprint density at radius 1 is 1.47 bits per heavy atom. The lowest BCUT2D eigenvalue weighted by Gasteiger charge is -2.10. The fourth-order valence-electron chi connectivity index (χ4n) is 2.13. The third-order valence-electron chi connectivity index (χ3n) is 2.99. The van der Waals surface area contributed by atoms with Gasteiger partial charge in [0.2, 0.25) is 0 Å². The summed E-state index contributed by atoms with van der Waals surface area (Å²) in [5, 5.41) is 8.04. The van der Waals surface area contributed by atoms with Crippen LogP contribution in [0, 0.1) is 5.92 Å². The first-order valence-electron chi connectivity index (χ1n) is 5.67. The number of nitrogens with one attached hydrogen (secondary N) is 1. The topological polar surface area (TPSA) is 29.9 Å². The standard InChI is InChI=1S/C11H18ClN3/c12-11-3-2-10(8-11)9-13-5-7-15-6-1-4-14-15/h1,4,6,10-11,13H,2-3,5,7-9H2. The van der Waals surface area contributed by atoms with Crippen LogP contribution in [0.3, 0.4) is 0 Å². The fraction of sp³-hybridized carbons (Fsp3) is 0.727. The van der Waals surface area contributed by atoms with Gasteiger partial charge in [0.25, 0.3) is 0 Å². The summed E-state index contributed by atoms with van der Waals surface area (Å²) in [5.41, 5.74) is 0. The number of nitrogens with zero attached hydrogens (tertiary/aromatic N) is 2. The minimum atomic E-state index is 0.419. The second-order valence-electron chi connectivity index (χ2n) is 4.25. The maximum absolute atomic E-state index is 6.06. The molecule has 2 unspecified atom stereocenters. The van der Waals surface area contributed by atoms with Crippen LogP contribution >= 0.6 is 11.6 Å². The van der Waals surface area contributed by atoms with E-state index in [0.29, 0.717) is 5.38 Å². The van der Waals surface area contributed by atoms with Crippen molar-refractivity contribution in [2.24, 2.45) is 5.92 Å². The van der Waals surface area contributed by atoms with Crippen molar-refractivity contribution in [1.82, 2.24) is 15.1 Å². The van der Waals surface area contributed by atoms with Crippen molar-refractivity contribution in [2.75, 3.05) is 13.1 Å². The van der Waals surface area contributed by atoms with Crippen LogP contribution in [0.25, 0.3) is 0 Å². The second-order valence-corrected chi connectivity index (χ2v) is 4.87. The molecule has 0 bridgehead atoms. The van der Waals surface area contributed by atoms with E-state index in [4.69, 9.17) is 11.6 Å². The molecule has 1 N–H and O–H groups in total. The molecule has 1 aliphatic rings. The molecule has 2 atom stereocenters. The Labute approximate surface area is 95.8 Å². The molecular formula is C11H18ClN3. The first-order valence-corrected chi connectivity index (χ1v) is 6.10. The van der Waals surface area contributed by atoms with Gasteiger partial charge in [-0.3, -0.25) is 4.68 Å². The zero-order valence-corrected chi connectivity index (χ0v) is 9.66. The molecule has 1 aliphatic carbocycles. The van der Waals surface area contributed by atoms with Crippen molar-refractivity contribution in [3.8, 4) is 0 Å². The summed E-state index contributed by atoms with van der Waals surface area (Å²) >= 11 is 6.06. The van der Waals surface area contributed by atoms with Crippen molar-refractivity contribution < 1.29 is 0 Å². The highest BCUT2D eigenvalue weighted by molar-refractivity contribution is 6.20. The molecule has 84 valence electrons. The van der Waals surface area contributed by atoms with E-state index >= 15 is 0 Å². The Kier molecular flexibility index (Phi) is 4.03. The van der Waals surface area contributed by atoms with E-state index in [2.05, 4.69) is 10.4 Å². The van der Waals surface area contributed by atoms with Crippen molar-refractivity contribution >= 4 is 11.6 Å². The lowest BCUT2D eigenvalue weighted by molar-refractivity contribution is 0.467. The van der Waals surface area contributed by atoms with Crippen molar-refractivity contribution in [2.45, 2.75) is 31.2 Å². The van der Waals surface area contributed by atoms with Gasteiger partial charge in [-0.15, -0.1) is 11.6 Å². The van der Waals surface area contributed by atoms with Gasteiger partial charge >= 0.3 is 0 Å². The predicted octanol–water partition coefficient (Wildman–Crippen LogP) is 1.88. The highest BCUT2D eigenvalue weighted by atomic mass is 35.5. The summed E-state index contributed by atoms with van der Waals surface area (Å²) < 4.78 is 1.95. The number of rotatable bonds is 5. The number of hydrogen-bond acceptors (Lipinski definition) is 2. The summed E-state index contributed by atoms with van der Waals surface area (Å²) in [7, 11) is 0. The molecular weight excluding hydrogens is 210 g/mol. The molecule has 1 fully saturated rings. The lowest BCUT2D eigenvalue weighted by atomic mass is 10.1. The predicted molar refractivity (Wildman–Crippen MR) is 62.1 cm³/mol. The molecule has 3 nitrogen and oxygen atoms in total. The van der Waals surface area contributed by atoms with E-state index in [0.717, 1.165) is 25.6 Å². The maximum Gasteiger partial charge on any atom is 0.0533 e. The molecule has 2 rings (SSSR count). The van der Waals surface area contributed by atoms with Gasteiger partial charge in [-0.25, -0.2) is 0 Å². The number of alkyl halides is 1. The summed E-state index contributed by atoms with van der Waals surface area (Å²) in [6.45, 7) is 3.04. The molecule has 0 aliphatic heterocycles. The molecule has 15 heavy (non-hydrogen) atoms. The molecule has 4 heteroatoms. The molecule has 0 spiro atoms. The van der Waals surface area contributed by atoms with Crippen LogP contribution in [0.15, 0.2) is 18.5 Å². The molecule has 1 saturated carbocycles. The van der Waals surface area contributed by atoms with Crippen LogP contribution in [0.2, 0.25) is 0 Å². The van der Waals surface area contributed by atoms with Gasteiger partial charge in [-0.1, -0.05) is 0 Å². The fourth-order valence-corrected chi connectivity index (χ4v) is 2.51. The third-order valence-corrected chi connectivity index (χ3v) is 3.38. The Morgan fingerprint density at radius 2 is 2.40 bits per heavy atom. The molecule has 0 radical (unpaired) electrons. The first kappa shape index (κ1) is 11.0. The minimum Gasteiger partial charge on any atom is -0.315 e. The Bertz CT molecular complexity index is 273. The van der Waals surface area contributed by atoms with Crippen LogP contribution in [0.5, 0.6) is 0 Å². The van der Waals surface area contributed by atoms with Gasteiger partial charge in [0.15, 0.2) is 0 Å².